The molecule has 1 N–H and O–H groups in total. The van der Waals surface area contributed by atoms with Gasteiger partial charge in [0, 0.05) is 0 Å². The fourth-order valence-electron chi connectivity index (χ4n) is 1.71. The molecule has 0 bridgehead atoms. The van der Waals surface area contributed by atoms with Crippen LogP contribution in [0.5, 0.6) is 0 Å². The summed E-state index contributed by atoms with van der Waals surface area (Å²) in [5, 5.41) is 10.3. The third-order valence-corrected chi connectivity index (χ3v) is 2.47. The number of carbonyl (C=O) groups excluding carboxylic acids is 2. The Morgan fingerprint density at radius 3 is 1.82 bits per heavy atom. The van der Waals surface area contributed by atoms with E-state index in [0.717, 1.165) is 0 Å². The van der Waals surface area contributed by atoms with Crippen LogP contribution in [0.15, 0.2) is 22.8 Å². The number of hydrogen-bond donors (Lipinski definition) is 1. The fourth-order valence-corrected chi connectivity index (χ4v) is 1.71. The summed E-state index contributed by atoms with van der Waals surface area (Å²) in [6.07, 6.45) is -0.125. The second kappa shape index (κ2) is 6.52. The maximum Gasteiger partial charge on any atom is 0.324 e. The molecule has 0 amide bonds. The third-order valence-electron chi connectivity index (χ3n) is 2.47. The Bertz CT molecular complexity index is 476. The average molecular weight is 312 g/mol. The van der Waals surface area contributed by atoms with E-state index in [1.165, 1.54) is 12.3 Å². The van der Waals surface area contributed by atoms with Gasteiger partial charge in [0.2, 0.25) is 0 Å². The van der Waals surface area contributed by atoms with Gasteiger partial charge in [-0.2, -0.15) is 0 Å². The van der Waals surface area contributed by atoms with Gasteiger partial charge in [0.15, 0.2) is 5.92 Å². The van der Waals surface area contributed by atoms with Crippen molar-refractivity contribution in [3.8, 4) is 0 Å². The largest absolute Gasteiger partial charge is 0.467 e. The molecular weight excluding hydrogens is 288 g/mol. The van der Waals surface area contributed by atoms with Crippen LogP contribution in [0.4, 0.5) is 0 Å². The summed E-state index contributed by atoms with van der Waals surface area (Å²) < 4.78 is 15.5. The first kappa shape index (κ1) is 18.2. The van der Waals surface area contributed by atoms with Crippen LogP contribution < -0.4 is 0 Å². The minimum atomic E-state index is -1.51. The van der Waals surface area contributed by atoms with Crippen molar-refractivity contribution >= 4 is 11.9 Å². The van der Waals surface area contributed by atoms with Gasteiger partial charge in [-0.1, -0.05) is 0 Å². The van der Waals surface area contributed by atoms with Gasteiger partial charge >= 0.3 is 11.9 Å². The molecule has 0 radical (unpaired) electrons. The highest BCUT2D eigenvalue weighted by molar-refractivity contribution is 5.96. The lowest BCUT2D eigenvalue weighted by atomic mass is 9.99. The third kappa shape index (κ3) is 5.52. The predicted molar refractivity (Wildman–Crippen MR) is 78.8 cm³/mol. The van der Waals surface area contributed by atoms with Crippen molar-refractivity contribution < 1.29 is 28.6 Å². The molecule has 0 aromatic carbocycles. The highest BCUT2D eigenvalue weighted by Gasteiger charge is 2.42. The van der Waals surface area contributed by atoms with Crippen LogP contribution in [0.2, 0.25) is 0 Å². The lowest BCUT2D eigenvalue weighted by Gasteiger charge is -2.27. The van der Waals surface area contributed by atoms with Gasteiger partial charge < -0.3 is 19.0 Å². The van der Waals surface area contributed by atoms with Crippen molar-refractivity contribution in [2.75, 3.05) is 0 Å². The molecule has 1 heterocycles. The first-order valence-electron chi connectivity index (χ1n) is 7.08. The van der Waals surface area contributed by atoms with Gasteiger partial charge in [0.1, 0.15) is 23.1 Å². The monoisotopic (exact) mass is 312 g/mol. The number of rotatable bonds is 4. The molecule has 0 aliphatic rings. The van der Waals surface area contributed by atoms with Gasteiger partial charge in [-0.25, -0.2) is 0 Å². The van der Waals surface area contributed by atoms with Crippen molar-refractivity contribution in [2.45, 2.75) is 58.8 Å². The average Bonchev–Trinajstić information content (AvgIpc) is 2.76. The van der Waals surface area contributed by atoms with Crippen molar-refractivity contribution in [1.82, 2.24) is 0 Å². The van der Waals surface area contributed by atoms with Crippen LogP contribution >= 0.6 is 0 Å². The highest BCUT2D eigenvalue weighted by Crippen LogP contribution is 2.28. The molecule has 1 unspecified atom stereocenters. The van der Waals surface area contributed by atoms with E-state index >= 15 is 0 Å². The predicted octanol–water partition coefficient (Wildman–Crippen LogP) is 2.61. The van der Waals surface area contributed by atoms with Crippen molar-refractivity contribution in [3.63, 3.8) is 0 Å². The molecule has 1 aromatic heterocycles. The number of hydrogen-bond acceptors (Lipinski definition) is 6. The zero-order valence-electron chi connectivity index (χ0n) is 13.9. The molecule has 6 heteroatoms. The number of esters is 2. The van der Waals surface area contributed by atoms with E-state index in [-0.39, 0.29) is 5.76 Å². The van der Waals surface area contributed by atoms with Gasteiger partial charge in [0.25, 0.3) is 0 Å². The lowest BCUT2D eigenvalue weighted by molar-refractivity contribution is -0.180. The van der Waals surface area contributed by atoms with E-state index in [1.807, 2.05) is 0 Å². The van der Waals surface area contributed by atoms with Crippen molar-refractivity contribution in [1.29, 1.82) is 0 Å². The molecule has 0 aliphatic heterocycles. The number of carbonyl (C=O) groups is 2. The van der Waals surface area contributed by atoms with E-state index in [1.54, 1.807) is 47.6 Å². The number of ether oxygens (including phenoxy) is 2. The Morgan fingerprint density at radius 1 is 1.05 bits per heavy atom. The molecule has 1 rings (SSSR count). The normalized spacial score (nSPS) is 13.8. The molecule has 1 atom stereocenters. The van der Waals surface area contributed by atoms with E-state index in [4.69, 9.17) is 13.9 Å². The van der Waals surface area contributed by atoms with Crippen molar-refractivity contribution in [3.05, 3.63) is 24.2 Å². The molecule has 0 fully saturated rings. The lowest BCUT2D eigenvalue weighted by Crippen LogP contribution is -2.39. The first-order valence-corrected chi connectivity index (χ1v) is 7.08. The first-order chi connectivity index (χ1) is 9.91. The van der Waals surface area contributed by atoms with Gasteiger partial charge in [-0.05, 0) is 53.7 Å². The van der Waals surface area contributed by atoms with Gasteiger partial charge in [-0.3, -0.25) is 9.59 Å². The SMILES string of the molecule is CC(C)(C)OC(=O)C(C(=O)OC(C)(C)C)C(O)c1ccco1. The van der Waals surface area contributed by atoms with Crippen molar-refractivity contribution in [2.24, 2.45) is 5.92 Å². The molecule has 0 aliphatic carbocycles. The summed E-state index contributed by atoms with van der Waals surface area (Å²) in [6, 6.07) is 3.03. The number of aliphatic hydroxyl groups is 1. The summed E-state index contributed by atoms with van der Waals surface area (Å²) >= 11 is 0. The minimum Gasteiger partial charge on any atom is -0.467 e. The van der Waals surface area contributed by atoms with E-state index in [9.17, 15) is 14.7 Å². The molecule has 0 saturated carbocycles. The van der Waals surface area contributed by atoms with Crippen LogP contribution in [0.3, 0.4) is 0 Å². The topological polar surface area (TPSA) is 86.0 Å². The zero-order chi connectivity index (χ0) is 17.1. The molecule has 0 spiro atoms. The molecular formula is C16H24O6. The quantitative estimate of drug-likeness (QED) is 0.679. The van der Waals surface area contributed by atoms with Crippen LogP contribution in [-0.4, -0.2) is 28.2 Å². The smallest absolute Gasteiger partial charge is 0.324 e. The number of aliphatic hydroxyl groups excluding tert-OH is 1. The summed E-state index contributed by atoms with van der Waals surface area (Å²) in [7, 11) is 0. The summed E-state index contributed by atoms with van der Waals surface area (Å²) in [5.74, 6) is -3.12. The molecule has 0 saturated heterocycles. The minimum absolute atomic E-state index is 0.0988. The Labute approximate surface area is 130 Å². The maximum absolute atomic E-state index is 12.3. The zero-order valence-corrected chi connectivity index (χ0v) is 13.9. The van der Waals surface area contributed by atoms with Crippen LogP contribution in [0.1, 0.15) is 53.4 Å². The second-order valence-electron chi connectivity index (χ2n) is 7.00. The van der Waals surface area contributed by atoms with Gasteiger partial charge in [0.05, 0.1) is 6.26 Å². The Kier molecular flexibility index (Phi) is 5.40. The van der Waals surface area contributed by atoms with E-state index in [2.05, 4.69) is 0 Å². The molecule has 1 aromatic rings. The van der Waals surface area contributed by atoms with Crippen LogP contribution in [0.25, 0.3) is 0 Å². The molecule has 6 nitrogen and oxygen atoms in total. The second-order valence-corrected chi connectivity index (χ2v) is 7.00. The fraction of sp³-hybridized carbons (Fsp3) is 0.625. The summed E-state index contributed by atoms with van der Waals surface area (Å²) in [5.41, 5.74) is -1.58. The van der Waals surface area contributed by atoms with Crippen LogP contribution in [-0.2, 0) is 19.1 Å². The summed E-state index contributed by atoms with van der Waals surface area (Å²) in [6.45, 7) is 10.1. The molecule has 22 heavy (non-hydrogen) atoms. The Morgan fingerprint density at radius 2 is 1.50 bits per heavy atom. The Hall–Kier alpha value is -1.82. The number of furan rings is 1. The highest BCUT2D eigenvalue weighted by atomic mass is 16.6. The molecule has 124 valence electrons. The van der Waals surface area contributed by atoms with E-state index < -0.39 is 35.2 Å². The standard InChI is InChI=1S/C16H24O6/c1-15(2,3)21-13(18)11(14(19)22-16(4,5)6)12(17)10-8-7-9-20-10/h7-9,11-12,17H,1-6H3. The van der Waals surface area contributed by atoms with E-state index in [0.29, 0.717) is 0 Å². The van der Waals surface area contributed by atoms with Crippen LogP contribution in [0, 0.1) is 5.92 Å². The Balaban J connectivity index is 3.04. The summed E-state index contributed by atoms with van der Waals surface area (Å²) in [4.78, 5) is 24.6. The van der Waals surface area contributed by atoms with Gasteiger partial charge in [-0.15, -0.1) is 0 Å². The maximum atomic E-state index is 12.3.